The van der Waals surface area contributed by atoms with E-state index in [4.69, 9.17) is 0 Å². The topological polar surface area (TPSA) is 22.2 Å². The van der Waals surface area contributed by atoms with Gasteiger partial charge in [-0.1, -0.05) is 6.58 Å². The van der Waals surface area contributed by atoms with Gasteiger partial charge >= 0.3 is 0 Å². The van der Waals surface area contributed by atoms with Gasteiger partial charge in [-0.2, -0.15) is 0 Å². The zero-order chi connectivity index (χ0) is 8.72. The molecule has 0 spiro atoms. The highest BCUT2D eigenvalue weighted by Crippen LogP contribution is 2.12. The van der Waals surface area contributed by atoms with E-state index in [9.17, 15) is 0 Å². The predicted octanol–water partition coefficient (Wildman–Crippen LogP) is 1.62. The Kier molecular flexibility index (Phi) is 1.33. The van der Waals surface area contributed by atoms with Crippen molar-refractivity contribution in [2.45, 2.75) is 6.92 Å². The van der Waals surface area contributed by atoms with E-state index in [0.717, 1.165) is 17.2 Å². The van der Waals surface area contributed by atoms with Crippen molar-refractivity contribution >= 4 is 11.9 Å². The second kappa shape index (κ2) is 2.24. The Balaban J connectivity index is 2.87. The average Bonchev–Trinajstić information content (AvgIpc) is 2.55. The van der Waals surface area contributed by atoms with Gasteiger partial charge in [-0.25, -0.2) is 4.98 Å². The summed E-state index contributed by atoms with van der Waals surface area (Å²) in [6, 6.07) is 0. The number of rotatable bonds is 1. The lowest BCUT2D eigenvalue weighted by molar-refractivity contribution is 0.935. The summed E-state index contributed by atoms with van der Waals surface area (Å²) in [6.45, 7) is 5.75. The van der Waals surface area contributed by atoms with Gasteiger partial charge in [0, 0.05) is 25.1 Å². The molecule has 62 valence electrons. The lowest BCUT2D eigenvalue weighted by Crippen LogP contribution is -1.86. The minimum atomic E-state index is 0.959. The molecule has 0 N–H and O–H groups in total. The first kappa shape index (κ1) is 7.16. The van der Waals surface area contributed by atoms with Gasteiger partial charge in [-0.15, -0.1) is 0 Å². The molecule has 3 nitrogen and oxygen atoms in total. The van der Waals surface area contributed by atoms with Crippen LogP contribution in [0.5, 0.6) is 0 Å². The van der Waals surface area contributed by atoms with Crippen LogP contribution < -0.4 is 0 Å². The van der Waals surface area contributed by atoms with E-state index in [2.05, 4.69) is 16.0 Å². The van der Waals surface area contributed by atoms with Crippen LogP contribution in [0, 0.1) is 6.92 Å². The normalized spacial score (nSPS) is 10.8. The Morgan fingerprint density at radius 1 is 1.50 bits per heavy atom. The van der Waals surface area contributed by atoms with Crippen molar-refractivity contribution in [2.24, 2.45) is 7.05 Å². The predicted molar refractivity (Wildman–Crippen MR) is 49.0 cm³/mol. The number of nitrogens with zero attached hydrogens (tertiary/aromatic N) is 3. The summed E-state index contributed by atoms with van der Waals surface area (Å²) < 4.78 is 4.04. The molecule has 0 saturated heterocycles. The molecule has 2 aromatic heterocycles. The second-order valence-corrected chi connectivity index (χ2v) is 2.87. The highest BCUT2D eigenvalue weighted by atomic mass is 15.2. The van der Waals surface area contributed by atoms with Crippen LogP contribution in [-0.2, 0) is 7.05 Å². The lowest BCUT2D eigenvalue weighted by Gasteiger charge is -1.87. The Labute approximate surface area is 71.0 Å². The first-order valence-corrected chi connectivity index (χ1v) is 3.86. The molecule has 0 atom stereocenters. The maximum Gasteiger partial charge on any atom is 0.214 e. The van der Waals surface area contributed by atoms with Crippen molar-refractivity contribution in [3.8, 4) is 0 Å². The Morgan fingerprint density at radius 2 is 2.25 bits per heavy atom. The van der Waals surface area contributed by atoms with Crippen LogP contribution in [0.3, 0.4) is 0 Å². The van der Waals surface area contributed by atoms with Gasteiger partial charge in [0.1, 0.15) is 0 Å². The molecular weight excluding hydrogens is 150 g/mol. The number of hydrogen-bond donors (Lipinski definition) is 0. The Bertz CT molecular complexity index is 434. The molecule has 0 aromatic carbocycles. The molecule has 2 aromatic rings. The molecule has 2 heterocycles. The largest absolute Gasteiger partial charge is 0.320 e. The standard InChI is InChI=1S/C9H11N3/c1-4-8-7(2)12-6-5-11(3)9(12)10-8/h4-6H,1H2,2-3H3. The smallest absolute Gasteiger partial charge is 0.214 e. The Hall–Kier alpha value is -1.51. The summed E-state index contributed by atoms with van der Waals surface area (Å²) in [5.74, 6) is 0.961. The van der Waals surface area contributed by atoms with Crippen LogP contribution in [0.2, 0.25) is 0 Å². The second-order valence-electron chi connectivity index (χ2n) is 2.87. The van der Waals surface area contributed by atoms with Crippen molar-refractivity contribution in [3.63, 3.8) is 0 Å². The summed E-state index contributed by atoms with van der Waals surface area (Å²) in [4.78, 5) is 4.40. The van der Waals surface area contributed by atoms with Crippen LogP contribution in [0.15, 0.2) is 19.0 Å². The minimum Gasteiger partial charge on any atom is -0.320 e. The van der Waals surface area contributed by atoms with Gasteiger partial charge in [0.25, 0.3) is 0 Å². The zero-order valence-electron chi connectivity index (χ0n) is 7.28. The molecule has 0 unspecified atom stereocenters. The summed E-state index contributed by atoms with van der Waals surface area (Å²) in [7, 11) is 1.98. The van der Waals surface area contributed by atoms with Gasteiger partial charge in [-0.3, -0.25) is 4.40 Å². The van der Waals surface area contributed by atoms with E-state index in [1.807, 2.05) is 30.9 Å². The van der Waals surface area contributed by atoms with Gasteiger partial charge in [-0.05, 0) is 13.0 Å². The average molecular weight is 161 g/mol. The molecule has 0 bridgehead atoms. The molecule has 3 heteroatoms. The third-order valence-electron chi connectivity index (χ3n) is 2.12. The fraction of sp³-hybridized carbons (Fsp3) is 0.222. The molecule has 0 aliphatic rings. The molecule has 0 fully saturated rings. The van der Waals surface area contributed by atoms with Crippen LogP contribution in [-0.4, -0.2) is 14.0 Å². The third kappa shape index (κ3) is 0.733. The highest BCUT2D eigenvalue weighted by Gasteiger charge is 2.06. The number of imidazole rings is 2. The van der Waals surface area contributed by atoms with E-state index in [1.165, 1.54) is 0 Å². The van der Waals surface area contributed by atoms with E-state index in [0.29, 0.717) is 0 Å². The maximum atomic E-state index is 4.40. The molecular formula is C9H11N3. The molecule has 0 amide bonds. The highest BCUT2D eigenvalue weighted by molar-refractivity contribution is 5.51. The Morgan fingerprint density at radius 3 is 2.83 bits per heavy atom. The van der Waals surface area contributed by atoms with Gasteiger partial charge in [0.15, 0.2) is 0 Å². The van der Waals surface area contributed by atoms with Gasteiger partial charge in [0.05, 0.1) is 5.69 Å². The van der Waals surface area contributed by atoms with Crippen LogP contribution in [0.4, 0.5) is 0 Å². The molecule has 0 radical (unpaired) electrons. The number of hydrogen-bond acceptors (Lipinski definition) is 1. The van der Waals surface area contributed by atoms with Crippen LogP contribution >= 0.6 is 0 Å². The van der Waals surface area contributed by atoms with Crippen molar-refractivity contribution in [3.05, 3.63) is 30.4 Å². The first-order chi connectivity index (χ1) is 5.74. The molecule has 0 aliphatic heterocycles. The van der Waals surface area contributed by atoms with Crippen molar-refractivity contribution in [1.82, 2.24) is 14.0 Å². The van der Waals surface area contributed by atoms with E-state index >= 15 is 0 Å². The van der Waals surface area contributed by atoms with E-state index in [-0.39, 0.29) is 0 Å². The summed E-state index contributed by atoms with van der Waals surface area (Å²) in [5, 5.41) is 0. The monoisotopic (exact) mass is 161 g/mol. The molecule has 2 rings (SSSR count). The summed E-state index contributed by atoms with van der Waals surface area (Å²) in [6.07, 6.45) is 5.77. The fourth-order valence-electron chi connectivity index (χ4n) is 1.37. The SMILES string of the molecule is C=Cc1nc2n(C)ccn2c1C. The zero-order valence-corrected chi connectivity index (χ0v) is 7.28. The number of fused-ring (bicyclic) bond motifs is 1. The fourth-order valence-corrected chi connectivity index (χ4v) is 1.37. The van der Waals surface area contributed by atoms with E-state index in [1.54, 1.807) is 6.08 Å². The summed E-state index contributed by atoms with van der Waals surface area (Å²) in [5.41, 5.74) is 2.10. The number of aromatic nitrogens is 3. The van der Waals surface area contributed by atoms with Crippen molar-refractivity contribution in [1.29, 1.82) is 0 Å². The summed E-state index contributed by atoms with van der Waals surface area (Å²) >= 11 is 0. The van der Waals surface area contributed by atoms with Crippen molar-refractivity contribution in [2.75, 3.05) is 0 Å². The van der Waals surface area contributed by atoms with Gasteiger partial charge in [0.2, 0.25) is 5.78 Å². The molecule has 12 heavy (non-hydrogen) atoms. The molecule has 0 saturated carbocycles. The van der Waals surface area contributed by atoms with Crippen LogP contribution in [0.1, 0.15) is 11.4 Å². The minimum absolute atomic E-state index is 0.959. The quantitative estimate of drug-likeness (QED) is 0.623. The molecule has 0 aliphatic carbocycles. The van der Waals surface area contributed by atoms with Crippen LogP contribution in [0.25, 0.3) is 11.9 Å². The number of aryl methyl sites for hydroxylation is 2. The van der Waals surface area contributed by atoms with Gasteiger partial charge < -0.3 is 4.57 Å². The first-order valence-electron chi connectivity index (χ1n) is 3.86. The van der Waals surface area contributed by atoms with E-state index < -0.39 is 0 Å². The van der Waals surface area contributed by atoms with Crippen molar-refractivity contribution < 1.29 is 0 Å². The lowest BCUT2D eigenvalue weighted by atomic mass is 10.3. The maximum absolute atomic E-state index is 4.40. The third-order valence-corrected chi connectivity index (χ3v) is 2.12.